The number of rotatable bonds is 8. The topological polar surface area (TPSA) is 47.4 Å². The standard InChI is InChI=1S/C42H45F3N4O/c1-8-48-35-16-11-10-15-33(35)40(4,5)37(48)23-19-28-17-18-29(39(28)47-31-14-12-13-30(25-31)42(43,44)45)20-24-38-41(6,7)34-26-32(46-27(3)50)21-22-36(34)49(38)9-2/h10-16,19-26H,8-9,17-18H2,1-7H3,(H,46,50)/p+1. The van der Waals surface area contributed by atoms with Gasteiger partial charge in [0.15, 0.2) is 5.71 Å². The highest BCUT2D eigenvalue weighted by Crippen LogP contribution is 2.49. The number of para-hydroxylation sites is 1. The van der Waals surface area contributed by atoms with Crippen molar-refractivity contribution in [2.24, 2.45) is 0 Å². The van der Waals surface area contributed by atoms with E-state index in [9.17, 15) is 18.0 Å². The molecule has 2 aliphatic heterocycles. The summed E-state index contributed by atoms with van der Waals surface area (Å²) in [5.41, 5.74) is 9.84. The maximum Gasteiger partial charge on any atom is 0.416 e. The molecule has 0 saturated carbocycles. The Morgan fingerprint density at radius 1 is 0.880 bits per heavy atom. The molecular weight excluding hydrogens is 633 g/mol. The van der Waals surface area contributed by atoms with Crippen LogP contribution in [0, 0.1) is 0 Å². The van der Waals surface area contributed by atoms with Crippen LogP contribution >= 0.6 is 0 Å². The third-order valence-electron chi connectivity index (χ3n) is 10.3. The molecule has 3 aromatic rings. The summed E-state index contributed by atoms with van der Waals surface area (Å²) in [6.07, 6.45) is 5.67. The summed E-state index contributed by atoms with van der Waals surface area (Å²) in [7, 11) is 0. The average Bonchev–Trinajstić information content (AvgIpc) is 3.62. The van der Waals surface area contributed by atoms with Crippen molar-refractivity contribution in [2.75, 3.05) is 28.6 Å². The Morgan fingerprint density at radius 3 is 2.34 bits per heavy atom. The van der Waals surface area contributed by atoms with Crippen LogP contribution in [-0.4, -0.2) is 29.3 Å². The molecule has 0 radical (unpaired) electrons. The predicted octanol–water partition coefficient (Wildman–Crippen LogP) is 10.4. The number of carbonyl (C=O) groups is 1. The predicted molar refractivity (Wildman–Crippen MR) is 198 cm³/mol. The number of hydrogen-bond acceptors (Lipinski definition) is 3. The van der Waals surface area contributed by atoms with Crippen LogP contribution in [0.3, 0.4) is 0 Å². The molecule has 50 heavy (non-hydrogen) atoms. The first-order valence-corrected chi connectivity index (χ1v) is 17.4. The van der Waals surface area contributed by atoms with E-state index < -0.39 is 11.7 Å². The third kappa shape index (κ3) is 6.32. The molecule has 2 heterocycles. The van der Waals surface area contributed by atoms with Gasteiger partial charge >= 0.3 is 6.18 Å². The number of amides is 1. The highest BCUT2D eigenvalue weighted by molar-refractivity contribution is 6.03. The van der Waals surface area contributed by atoms with E-state index in [2.05, 4.69) is 116 Å². The second kappa shape index (κ2) is 13.1. The van der Waals surface area contributed by atoms with Crippen molar-refractivity contribution in [3.8, 4) is 0 Å². The molecule has 0 atom stereocenters. The number of nitrogens with one attached hydrogen (secondary N) is 2. The average molecular weight is 680 g/mol. The fourth-order valence-corrected chi connectivity index (χ4v) is 7.77. The molecular formula is C42H46F3N4O+. The van der Waals surface area contributed by atoms with Gasteiger partial charge in [0.05, 0.1) is 11.0 Å². The van der Waals surface area contributed by atoms with Crippen LogP contribution in [-0.2, 0) is 21.8 Å². The minimum absolute atomic E-state index is 0.117. The van der Waals surface area contributed by atoms with E-state index in [1.54, 1.807) is 6.07 Å². The SMILES string of the molecule is CCN1C(=CC=C2CCC(C=CC3=[N+](CC)c4ccccc4C3(C)C)=C2Nc2cccc(C(F)(F)F)c2)C(C)(C)c2cc(NC(C)=O)ccc21. The number of likely N-dealkylation sites (N-methyl/N-ethyl adjacent to an activating group) is 1. The Morgan fingerprint density at radius 2 is 1.64 bits per heavy atom. The largest absolute Gasteiger partial charge is 0.416 e. The van der Waals surface area contributed by atoms with Crippen LogP contribution in [0.5, 0.6) is 0 Å². The number of nitrogens with zero attached hydrogens (tertiary/aromatic N) is 2. The zero-order valence-electron chi connectivity index (χ0n) is 29.9. The maximum absolute atomic E-state index is 13.7. The van der Waals surface area contributed by atoms with Crippen molar-refractivity contribution in [3.05, 3.63) is 130 Å². The smallest absolute Gasteiger partial charge is 0.355 e. The minimum atomic E-state index is -4.44. The number of benzene rings is 3. The van der Waals surface area contributed by atoms with E-state index in [0.29, 0.717) is 5.69 Å². The van der Waals surface area contributed by atoms with Gasteiger partial charge in [0.25, 0.3) is 0 Å². The number of hydrogen-bond donors (Lipinski definition) is 2. The van der Waals surface area contributed by atoms with E-state index >= 15 is 0 Å². The van der Waals surface area contributed by atoms with Gasteiger partial charge in [0.1, 0.15) is 6.54 Å². The minimum Gasteiger partial charge on any atom is -0.355 e. The van der Waals surface area contributed by atoms with Gasteiger partial charge in [0.2, 0.25) is 11.6 Å². The molecule has 2 N–H and O–H groups in total. The van der Waals surface area contributed by atoms with Gasteiger partial charge in [-0.25, -0.2) is 0 Å². The molecule has 0 unspecified atom stereocenters. The van der Waals surface area contributed by atoms with Gasteiger partial charge in [-0.05, 0) is 99.7 Å². The molecule has 0 fully saturated rings. The number of fused-ring (bicyclic) bond motifs is 2. The van der Waals surface area contributed by atoms with Crippen LogP contribution < -0.4 is 15.5 Å². The van der Waals surface area contributed by atoms with Gasteiger partial charge in [0, 0.05) is 65.0 Å². The van der Waals surface area contributed by atoms with Gasteiger partial charge in [-0.15, -0.1) is 0 Å². The fraction of sp³-hybridized carbons (Fsp3) is 0.333. The van der Waals surface area contributed by atoms with E-state index in [0.717, 1.165) is 71.5 Å². The lowest BCUT2D eigenvalue weighted by atomic mass is 9.81. The van der Waals surface area contributed by atoms with E-state index in [4.69, 9.17) is 0 Å². The van der Waals surface area contributed by atoms with Crippen molar-refractivity contribution in [1.29, 1.82) is 0 Å². The van der Waals surface area contributed by atoms with Crippen molar-refractivity contribution >= 4 is 34.4 Å². The molecule has 3 aliphatic rings. The second-order valence-electron chi connectivity index (χ2n) is 14.2. The molecule has 0 spiro atoms. The molecule has 6 rings (SSSR count). The number of carbonyl (C=O) groups excluding carboxylic acids is 1. The summed E-state index contributed by atoms with van der Waals surface area (Å²) in [5.74, 6) is -0.117. The quantitative estimate of drug-likeness (QED) is 0.233. The highest BCUT2D eigenvalue weighted by atomic mass is 19.4. The molecule has 0 bridgehead atoms. The molecule has 3 aromatic carbocycles. The lowest BCUT2D eigenvalue weighted by molar-refractivity contribution is -0.433. The summed E-state index contributed by atoms with van der Waals surface area (Å²) < 4.78 is 43.5. The van der Waals surface area contributed by atoms with Crippen molar-refractivity contribution < 1.29 is 22.5 Å². The Balaban J connectivity index is 1.42. The first-order valence-electron chi connectivity index (χ1n) is 17.4. The van der Waals surface area contributed by atoms with E-state index in [1.807, 2.05) is 12.1 Å². The second-order valence-corrected chi connectivity index (χ2v) is 14.2. The van der Waals surface area contributed by atoms with Crippen LogP contribution in [0.25, 0.3) is 0 Å². The van der Waals surface area contributed by atoms with Crippen LogP contribution in [0.2, 0.25) is 0 Å². The summed E-state index contributed by atoms with van der Waals surface area (Å²) in [5, 5.41) is 6.32. The lowest BCUT2D eigenvalue weighted by Crippen LogP contribution is -2.27. The van der Waals surface area contributed by atoms with Crippen LogP contribution in [0.4, 0.5) is 35.9 Å². The number of halogens is 3. The molecule has 0 saturated heterocycles. The normalized spacial score (nSPS) is 19.6. The first-order chi connectivity index (χ1) is 23.7. The highest BCUT2D eigenvalue weighted by Gasteiger charge is 2.44. The van der Waals surface area contributed by atoms with Crippen molar-refractivity contribution in [1.82, 2.24) is 0 Å². The Bertz CT molecular complexity index is 2010. The van der Waals surface area contributed by atoms with E-state index in [-0.39, 0.29) is 16.7 Å². The zero-order valence-corrected chi connectivity index (χ0v) is 29.9. The number of alkyl halides is 3. The lowest BCUT2D eigenvalue weighted by Gasteiger charge is -2.26. The molecule has 1 amide bonds. The van der Waals surface area contributed by atoms with Crippen molar-refractivity contribution in [2.45, 2.75) is 78.3 Å². The Kier molecular flexibility index (Phi) is 9.18. The van der Waals surface area contributed by atoms with Gasteiger partial charge in [-0.2, -0.15) is 17.7 Å². The number of anilines is 3. The summed E-state index contributed by atoms with van der Waals surface area (Å²) in [6, 6.07) is 19.9. The maximum atomic E-state index is 13.7. The van der Waals surface area contributed by atoms with Crippen LogP contribution in [0.15, 0.2) is 114 Å². The molecule has 1 aliphatic carbocycles. The van der Waals surface area contributed by atoms with Gasteiger partial charge in [-0.1, -0.05) is 50.3 Å². The molecule has 5 nitrogen and oxygen atoms in total. The summed E-state index contributed by atoms with van der Waals surface area (Å²) in [4.78, 5) is 14.1. The van der Waals surface area contributed by atoms with Gasteiger partial charge < -0.3 is 15.5 Å². The monoisotopic (exact) mass is 679 g/mol. The molecule has 8 heteroatoms. The van der Waals surface area contributed by atoms with E-state index in [1.165, 1.54) is 36.0 Å². The zero-order chi connectivity index (χ0) is 36.0. The summed E-state index contributed by atoms with van der Waals surface area (Å²) in [6.45, 7) is 16.2. The first kappa shape index (κ1) is 35.0. The van der Waals surface area contributed by atoms with Crippen LogP contribution in [0.1, 0.15) is 78.0 Å². The Labute approximate surface area is 293 Å². The fourth-order valence-electron chi connectivity index (χ4n) is 7.77. The third-order valence-corrected chi connectivity index (χ3v) is 10.3. The Hall–Kier alpha value is -4.85. The van der Waals surface area contributed by atoms with Crippen molar-refractivity contribution in [3.63, 3.8) is 0 Å². The summed E-state index contributed by atoms with van der Waals surface area (Å²) >= 11 is 0. The molecule has 0 aromatic heterocycles. The number of allylic oxidation sites excluding steroid dienone is 7. The molecule has 260 valence electrons. The van der Waals surface area contributed by atoms with Gasteiger partial charge in [-0.3, -0.25) is 4.79 Å².